The second-order valence-corrected chi connectivity index (χ2v) is 3.72. The Hall–Kier alpha value is -0.550. The molecule has 3 nitrogen and oxygen atoms in total. The minimum Gasteiger partial charge on any atom is -0.481 e. The molecule has 0 aromatic carbocycles. The van der Waals surface area contributed by atoms with Crippen molar-refractivity contribution in [2.24, 2.45) is 0 Å². The number of hydrogen-bond acceptors (Lipinski definition) is 3. The summed E-state index contributed by atoms with van der Waals surface area (Å²) in [5, 5.41) is 11.2. The molecule has 0 aliphatic carbocycles. The van der Waals surface area contributed by atoms with Crippen LogP contribution in [0.5, 0.6) is 0 Å². The molecule has 0 aliphatic heterocycles. The first-order valence-electron chi connectivity index (χ1n) is 3.40. The van der Waals surface area contributed by atoms with E-state index in [0.717, 1.165) is 0 Å². The lowest BCUT2D eigenvalue weighted by atomic mass is 10.5. The molecule has 12 heavy (non-hydrogen) atoms. The minimum atomic E-state index is -0.797. The number of carbonyl (C=O) groups is 1. The number of thioether (sulfide) groups is 1. The Morgan fingerprint density at radius 2 is 2.42 bits per heavy atom. The standard InChI is InChI=1S/C7H11NO2S2/c1-2-4-8-7(11)12-5-3-6(9)10/h2H,1,3-5H2,(H,8,11)(H,9,10). The normalized spacial score (nSPS) is 9.00. The van der Waals surface area contributed by atoms with Crippen molar-refractivity contribution >= 4 is 34.3 Å². The number of nitrogens with one attached hydrogen (secondary N) is 1. The molecule has 0 atom stereocenters. The second kappa shape index (κ2) is 7.12. The van der Waals surface area contributed by atoms with Gasteiger partial charge in [-0.05, 0) is 0 Å². The number of thiocarbonyl (C=S) groups is 1. The van der Waals surface area contributed by atoms with Crippen molar-refractivity contribution in [3.8, 4) is 0 Å². The van der Waals surface area contributed by atoms with Crippen molar-refractivity contribution in [3.05, 3.63) is 12.7 Å². The second-order valence-electron chi connectivity index (χ2n) is 1.95. The van der Waals surface area contributed by atoms with Crippen molar-refractivity contribution in [3.63, 3.8) is 0 Å². The number of hydrogen-bond donors (Lipinski definition) is 2. The molecule has 68 valence electrons. The fourth-order valence-electron chi connectivity index (χ4n) is 0.438. The summed E-state index contributed by atoms with van der Waals surface area (Å²) in [6.07, 6.45) is 1.84. The van der Waals surface area contributed by atoms with Gasteiger partial charge in [0.1, 0.15) is 4.32 Å². The van der Waals surface area contributed by atoms with Gasteiger partial charge in [-0.1, -0.05) is 30.1 Å². The van der Waals surface area contributed by atoms with E-state index in [0.29, 0.717) is 16.6 Å². The van der Waals surface area contributed by atoms with E-state index < -0.39 is 5.97 Å². The Kier molecular flexibility index (Phi) is 6.79. The van der Waals surface area contributed by atoms with Gasteiger partial charge in [0.2, 0.25) is 0 Å². The van der Waals surface area contributed by atoms with Crippen LogP contribution in [0.4, 0.5) is 0 Å². The zero-order chi connectivity index (χ0) is 9.40. The smallest absolute Gasteiger partial charge is 0.304 e. The van der Waals surface area contributed by atoms with Gasteiger partial charge in [-0.25, -0.2) is 0 Å². The Bertz CT molecular complexity index is 182. The molecule has 0 aromatic heterocycles. The van der Waals surface area contributed by atoms with E-state index in [-0.39, 0.29) is 6.42 Å². The van der Waals surface area contributed by atoms with Gasteiger partial charge in [0.05, 0.1) is 6.42 Å². The van der Waals surface area contributed by atoms with Gasteiger partial charge in [-0.2, -0.15) is 0 Å². The Balaban J connectivity index is 3.31. The average molecular weight is 205 g/mol. The number of carboxylic acids is 1. The summed E-state index contributed by atoms with van der Waals surface area (Å²) >= 11 is 6.22. The summed E-state index contributed by atoms with van der Waals surface area (Å²) in [5.41, 5.74) is 0. The third-order valence-corrected chi connectivity index (χ3v) is 2.25. The molecule has 0 fully saturated rings. The van der Waals surface area contributed by atoms with Crippen molar-refractivity contribution < 1.29 is 9.90 Å². The summed E-state index contributed by atoms with van der Waals surface area (Å²) in [4.78, 5) is 10.1. The first kappa shape index (κ1) is 11.4. The maximum Gasteiger partial charge on any atom is 0.304 e. The van der Waals surface area contributed by atoms with Crippen molar-refractivity contribution in [1.29, 1.82) is 0 Å². The summed E-state index contributed by atoms with van der Waals surface area (Å²) in [5.74, 6) is -0.285. The molecule has 0 rings (SSSR count). The van der Waals surface area contributed by atoms with Crippen LogP contribution < -0.4 is 5.32 Å². The largest absolute Gasteiger partial charge is 0.481 e. The van der Waals surface area contributed by atoms with Gasteiger partial charge in [-0.15, -0.1) is 6.58 Å². The molecule has 5 heteroatoms. The van der Waals surface area contributed by atoms with Crippen LogP contribution in [0.3, 0.4) is 0 Å². The summed E-state index contributed by atoms with van der Waals surface area (Å²) < 4.78 is 0.621. The van der Waals surface area contributed by atoms with E-state index in [4.69, 9.17) is 17.3 Å². The van der Waals surface area contributed by atoms with Crippen LogP contribution in [-0.4, -0.2) is 27.7 Å². The molecule has 0 radical (unpaired) electrons. The highest BCUT2D eigenvalue weighted by Gasteiger charge is 1.99. The molecule has 0 saturated heterocycles. The van der Waals surface area contributed by atoms with Crippen LogP contribution >= 0.6 is 24.0 Å². The summed E-state index contributed by atoms with van der Waals surface area (Å²) in [6.45, 7) is 4.14. The van der Waals surface area contributed by atoms with E-state index in [1.54, 1.807) is 6.08 Å². The summed E-state index contributed by atoms with van der Waals surface area (Å²) in [7, 11) is 0. The topological polar surface area (TPSA) is 49.3 Å². The van der Waals surface area contributed by atoms with Crippen molar-refractivity contribution in [2.45, 2.75) is 6.42 Å². The zero-order valence-electron chi connectivity index (χ0n) is 6.58. The highest BCUT2D eigenvalue weighted by atomic mass is 32.2. The van der Waals surface area contributed by atoms with Crippen molar-refractivity contribution in [1.82, 2.24) is 5.32 Å². The SMILES string of the molecule is C=CCNC(=S)SCCC(=O)O. The monoisotopic (exact) mass is 205 g/mol. The van der Waals surface area contributed by atoms with Gasteiger partial charge < -0.3 is 10.4 Å². The molecule has 0 aromatic rings. The molecule has 0 saturated carbocycles. The van der Waals surface area contributed by atoms with E-state index in [1.807, 2.05) is 0 Å². The highest BCUT2D eigenvalue weighted by molar-refractivity contribution is 8.22. The van der Waals surface area contributed by atoms with E-state index in [2.05, 4.69) is 11.9 Å². The number of aliphatic carboxylic acids is 1. The van der Waals surface area contributed by atoms with Gasteiger partial charge in [0.15, 0.2) is 0 Å². The van der Waals surface area contributed by atoms with Crippen molar-refractivity contribution in [2.75, 3.05) is 12.3 Å². The average Bonchev–Trinajstić information content (AvgIpc) is 2.00. The molecule has 0 aliphatic rings. The molecule has 0 heterocycles. The molecular formula is C7H11NO2S2. The van der Waals surface area contributed by atoms with Crippen LogP contribution in [0.15, 0.2) is 12.7 Å². The van der Waals surface area contributed by atoms with Gasteiger partial charge in [0, 0.05) is 12.3 Å². The third kappa shape index (κ3) is 7.56. The first-order chi connectivity index (χ1) is 5.66. The first-order valence-corrected chi connectivity index (χ1v) is 4.79. The van der Waals surface area contributed by atoms with Crippen LogP contribution in [-0.2, 0) is 4.79 Å². The van der Waals surface area contributed by atoms with Crippen LogP contribution in [0.25, 0.3) is 0 Å². The predicted molar refractivity (Wildman–Crippen MR) is 55.5 cm³/mol. The lowest BCUT2D eigenvalue weighted by Crippen LogP contribution is -2.18. The molecule has 0 bridgehead atoms. The molecule has 0 amide bonds. The quantitative estimate of drug-likeness (QED) is 0.522. The van der Waals surface area contributed by atoms with E-state index in [1.165, 1.54) is 11.8 Å². The van der Waals surface area contributed by atoms with Crippen LogP contribution in [0.1, 0.15) is 6.42 Å². The Morgan fingerprint density at radius 3 is 2.92 bits per heavy atom. The molecule has 0 spiro atoms. The molecule has 2 N–H and O–H groups in total. The number of carboxylic acid groups (broad SMARTS) is 1. The highest BCUT2D eigenvalue weighted by Crippen LogP contribution is 2.03. The van der Waals surface area contributed by atoms with Gasteiger partial charge in [-0.3, -0.25) is 4.79 Å². The lowest BCUT2D eigenvalue weighted by Gasteiger charge is -2.02. The molecular weight excluding hydrogens is 194 g/mol. The van der Waals surface area contributed by atoms with Gasteiger partial charge >= 0.3 is 5.97 Å². The number of rotatable bonds is 5. The maximum atomic E-state index is 10.1. The maximum absolute atomic E-state index is 10.1. The fourth-order valence-corrected chi connectivity index (χ4v) is 1.42. The third-order valence-electron chi connectivity index (χ3n) is 0.940. The lowest BCUT2D eigenvalue weighted by molar-refractivity contribution is -0.136. The van der Waals surface area contributed by atoms with Gasteiger partial charge in [0.25, 0.3) is 0 Å². The Labute approximate surface area is 81.2 Å². The zero-order valence-corrected chi connectivity index (χ0v) is 8.21. The Morgan fingerprint density at radius 1 is 1.75 bits per heavy atom. The van der Waals surface area contributed by atoms with E-state index in [9.17, 15) is 4.79 Å². The van der Waals surface area contributed by atoms with E-state index >= 15 is 0 Å². The summed E-state index contributed by atoms with van der Waals surface area (Å²) in [6, 6.07) is 0. The molecule has 0 unspecified atom stereocenters. The fraction of sp³-hybridized carbons (Fsp3) is 0.429. The minimum absolute atomic E-state index is 0.139. The predicted octanol–water partition coefficient (Wildman–Crippen LogP) is 1.25. The van der Waals surface area contributed by atoms with Crippen LogP contribution in [0.2, 0.25) is 0 Å². The van der Waals surface area contributed by atoms with Crippen LogP contribution in [0, 0.1) is 0 Å².